The molecule has 0 aromatic rings. The number of carbonyl (C=O) groups is 3. The molecular weight excluding hydrogens is 709 g/mol. The minimum Gasteiger partial charge on any atom is -0.462 e. The Kier molecular flexibility index (Phi) is 41.7. The van der Waals surface area contributed by atoms with Crippen LogP contribution in [-0.4, -0.2) is 37.2 Å². The van der Waals surface area contributed by atoms with Gasteiger partial charge in [-0.05, 0) is 103 Å². The van der Waals surface area contributed by atoms with Gasteiger partial charge in [0.25, 0.3) is 0 Å². The van der Waals surface area contributed by atoms with Crippen LogP contribution in [0.1, 0.15) is 175 Å². The van der Waals surface area contributed by atoms with Crippen molar-refractivity contribution in [3.05, 3.63) is 109 Å². The number of carbonyl (C=O) groups excluding carboxylic acids is 3. The highest BCUT2D eigenvalue weighted by atomic mass is 16.6. The third kappa shape index (κ3) is 43.0. The molecule has 0 aliphatic carbocycles. The fourth-order valence-corrected chi connectivity index (χ4v) is 5.45. The maximum atomic E-state index is 12.7. The molecule has 0 heterocycles. The van der Waals surface area contributed by atoms with Crippen LogP contribution in [0, 0.1) is 0 Å². The van der Waals surface area contributed by atoms with Crippen molar-refractivity contribution in [2.24, 2.45) is 0 Å². The van der Waals surface area contributed by atoms with Crippen molar-refractivity contribution < 1.29 is 28.6 Å². The topological polar surface area (TPSA) is 78.9 Å². The van der Waals surface area contributed by atoms with E-state index in [1.54, 1.807) is 0 Å². The summed E-state index contributed by atoms with van der Waals surface area (Å²) in [5.74, 6) is -1.06. The zero-order valence-corrected chi connectivity index (χ0v) is 36.3. The molecule has 0 saturated carbocycles. The highest BCUT2D eigenvalue weighted by Gasteiger charge is 2.19. The van der Waals surface area contributed by atoms with Gasteiger partial charge in [0.15, 0.2) is 6.10 Å². The van der Waals surface area contributed by atoms with Gasteiger partial charge in [-0.25, -0.2) is 0 Å². The molecule has 0 N–H and O–H groups in total. The molecule has 57 heavy (non-hydrogen) atoms. The maximum absolute atomic E-state index is 12.7. The van der Waals surface area contributed by atoms with Gasteiger partial charge in [-0.2, -0.15) is 0 Å². The van der Waals surface area contributed by atoms with Crippen molar-refractivity contribution >= 4 is 17.9 Å². The number of hydrogen-bond acceptors (Lipinski definition) is 6. The summed E-state index contributed by atoms with van der Waals surface area (Å²) in [7, 11) is 0. The molecule has 0 aromatic heterocycles. The Morgan fingerprint density at radius 2 is 0.719 bits per heavy atom. The second-order valence-electron chi connectivity index (χ2n) is 14.2. The Hall–Kier alpha value is -3.93. The van der Waals surface area contributed by atoms with Gasteiger partial charge in [0.1, 0.15) is 13.2 Å². The molecule has 0 aliphatic rings. The predicted octanol–water partition coefficient (Wildman–Crippen LogP) is 14.4. The largest absolute Gasteiger partial charge is 0.462 e. The lowest BCUT2D eigenvalue weighted by Crippen LogP contribution is -2.30. The molecule has 0 aliphatic heterocycles. The van der Waals surface area contributed by atoms with E-state index in [1.165, 1.54) is 6.42 Å². The average molecular weight is 789 g/mol. The van der Waals surface area contributed by atoms with Crippen molar-refractivity contribution in [2.45, 2.75) is 181 Å². The number of esters is 3. The van der Waals surface area contributed by atoms with Gasteiger partial charge in [-0.1, -0.05) is 162 Å². The third-order valence-electron chi connectivity index (χ3n) is 8.74. The minimum absolute atomic E-state index is 0.122. The molecular formula is C51H80O6. The minimum atomic E-state index is -0.827. The van der Waals surface area contributed by atoms with Crippen LogP contribution in [-0.2, 0) is 28.6 Å². The zero-order chi connectivity index (χ0) is 41.5. The molecule has 0 amide bonds. The van der Waals surface area contributed by atoms with Gasteiger partial charge in [0.05, 0.1) is 0 Å². The van der Waals surface area contributed by atoms with Gasteiger partial charge in [-0.15, -0.1) is 0 Å². The first-order chi connectivity index (χ1) is 28.0. The van der Waals surface area contributed by atoms with E-state index in [0.717, 1.165) is 116 Å². The van der Waals surface area contributed by atoms with E-state index in [1.807, 2.05) is 12.2 Å². The van der Waals surface area contributed by atoms with Crippen molar-refractivity contribution in [3.8, 4) is 0 Å². The molecule has 6 heteroatoms. The highest BCUT2D eigenvalue weighted by Crippen LogP contribution is 2.11. The van der Waals surface area contributed by atoms with E-state index in [9.17, 15) is 14.4 Å². The number of ether oxygens (including phenoxy) is 3. The van der Waals surface area contributed by atoms with Crippen LogP contribution in [0.4, 0.5) is 0 Å². The maximum Gasteiger partial charge on any atom is 0.306 e. The fourth-order valence-electron chi connectivity index (χ4n) is 5.45. The average Bonchev–Trinajstić information content (AvgIpc) is 3.21. The van der Waals surface area contributed by atoms with Crippen molar-refractivity contribution in [2.75, 3.05) is 13.2 Å². The van der Waals surface area contributed by atoms with E-state index in [0.29, 0.717) is 19.3 Å². The molecule has 0 rings (SSSR count). The van der Waals surface area contributed by atoms with E-state index in [-0.39, 0.29) is 44.0 Å². The molecule has 0 aromatic carbocycles. The number of rotatable bonds is 38. The van der Waals surface area contributed by atoms with Gasteiger partial charge in [0, 0.05) is 19.3 Å². The van der Waals surface area contributed by atoms with Crippen LogP contribution < -0.4 is 0 Å². The summed E-state index contributed by atoms with van der Waals surface area (Å²) in [6, 6.07) is 0. The van der Waals surface area contributed by atoms with Gasteiger partial charge in [-0.3, -0.25) is 14.4 Å². The van der Waals surface area contributed by atoms with Crippen LogP contribution in [0.3, 0.4) is 0 Å². The van der Waals surface area contributed by atoms with Gasteiger partial charge in [0.2, 0.25) is 0 Å². The fraction of sp³-hybridized carbons (Fsp3) is 0.588. The van der Waals surface area contributed by atoms with Crippen molar-refractivity contribution in [1.29, 1.82) is 0 Å². The van der Waals surface area contributed by atoms with Crippen LogP contribution in [0.25, 0.3) is 0 Å². The highest BCUT2D eigenvalue weighted by molar-refractivity contribution is 5.71. The van der Waals surface area contributed by atoms with Crippen LogP contribution in [0.5, 0.6) is 0 Å². The second-order valence-corrected chi connectivity index (χ2v) is 14.2. The van der Waals surface area contributed by atoms with Crippen LogP contribution in [0.2, 0.25) is 0 Å². The molecule has 0 bridgehead atoms. The standard InChI is InChI=1S/C51H80O6/c1-4-7-10-13-16-19-22-25-28-31-34-37-40-43-49(52)55-46-48(57-51(54)45-42-39-36-33-30-27-24-21-18-15-12-9-6-3)47-56-50(53)44-41-38-35-32-29-26-23-20-17-14-11-8-5-2/h7,9-12,14,16,18-21,23,25,27-28,30,34,37,48H,4-6,8,13,15,17,22,24,26,29,31-33,35-36,38-47H2,1-3H3/b10-7-,12-9-,14-11-,19-16-,21-18-,23-20-,28-25-,30-27-,37-34-. The summed E-state index contributed by atoms with van der Waals surface area (Å²) in [4.78, 5) is 37.7. The predicted molar refractivity (Wildman–Crippen MR) is 242 cm³/mol. The lowest BCUT2D eigenvalue weighted by atomic mass is 10.1. The Balaban J connectivity index is 4.58. The van der Waals surface area contributed by atoms with E-state index < -0.39 is 6.10 Å². The van der Waals surface area contributed by atoms with Crippen molar-refractivity contribution in [3.63, 3.8) is 0 Å². The summed E-state index contributed by atoms with van der Waals surface area (Å²) >= 11 is 0. The second kappa shape index (κ2) is 44.8. The van der Waals surface area contributed by atoms with Gasteiger partial charge < -0.3 is 14.2 Å². The summed E-state index contributed by atoms with van der Waals surface area (Å²) < 4.78 is 16.6. The first-order valence-corrected chi connectivity index (χ1v) is 22.4. The molecule has 320 valence electrons. The van der Waals surface area contributed by atoms with E-state index in [4.69, 9.17) is 14.2 Å². The Morgan fingerprint density at radius 1 is 0.368 bits per heavy atom. The molecule has 1 atom stereocenters. The first kappa shape index (κ1) is 53.1. The smallest absolute Gasteiger partial charge is 0.306 e. The normalized spacial score (nSPS) is 13.1. The Labute approximate surface area is 349 Å². The lowest BCUT2D eigenvalue weighted by molar-refractivity contribution is -0.166. The van der Waals surface area contributed by atoms with Crippen LogP contribution in [0.15, 0.2) is 109 Å². The Morgan fingerprint density at radius 3 is 1.19 bits per heavy atom. The Bertz CT molecular complexity index is 1230. The summed E-state index contributed by atoms with van der Waals surface area (Å²) in [6.07, 6.45) is 59.4. The zero-order valence-electron chi connectivity index (χ0n) is 36.3. The summed E-state index contributed by atoms with van der Waals surface area (Å²) in [5.41, 5.74) is 0. The van der Waals surface area contributed by atoms with E-state index in [2.05, 4.69) is 118 Å². The number of allylic oxidation sites excluding steroid dienone is 18. The van der Waals surface area contributed by atoms with E-state index >= 15 is 0 Å². The first-order valence-electron chi connectivity index (χ1n) is 22.4. The SMILES string of the molecule is CC/C=C\C/C=C\C/C=C\C/C=C\CCC(=O)OCC(COC(=O)CCCCCCC/C=C\C/C=C\CCC)OC(=O)CCCCC/C=C\C/C=C\C/C=C\CC. The molecule has 6 nitrogen and oxygen atoms in total. The molecule has 0 radical (unpaired) electrons. The third-order valence-corrected chi connectivity index (χ3v) is 8.74. The summed E-state index contributed by atoms with van der Waals surface area (Å²) in [6.45, 7) is 6.20. The van der Waals surface area contributed by atoms with Gasteiger partial charge >= 0.3 is 17.9 Å². The summed E-state index contributed by atoms with van der Waals surface area (Å²) in [5, 5.41) is 0. The lowest BCUT2D eigenvalue weighted by Gasteiger charge is -2.18. The number of hydrogen-bond donors (Lipinski definition) is 0. The van der Waals surface area contributed by atoms with Crippen LogP contribution >= 0.6 is 0 Å². The molecule has 0 fully saturated rings. The molecule has 1 unspecified atom stereocenters. The van der Waals surface area contributed by atoms with Crippen molar-refractivity contribution in [1.82, 2.24) is 0 Å². The quantitative estimate of drug-likeness (QED) is 0.0268. The molecule has 0 saturated heterocycles. The number of unbranched alkanes of at least 4 members (excludes halogenated alkanes) is 9. The monoisotopic (exact) mass is 789 g/mol. The molecule has 0 spiro atoms.